The summed E-state index contributed by atoms with van der Waals surface area (Å²) in [6, 6.07) is 0. The molecule has 0 spiro atoms. The molecule has 0 atom stereocenters. The van der Waals surface area contributed by atoms with Crippen LogP contribution in [0.2, 0.25) is 0 Å². The maximum atomic E-state index is 6.00. The van der Waals surface area contributed by atoms with Crippen LogP contribution in [-0.4, -0.2) is 10.5 Å². The molecule has 0 amide bonds. The monoisotopic (exact) mass is 216 g/mol. The number of hydrogen-bond acceptors (Lipinski definition) is 2. The molecule has 2 nitrogen and oxygen atoms in total. The molecule has 0 aromatic rings. The third kappa shape index (κ3) is 3.76. The van der Waals surface area contributed by atoms with E-state index in [0.717, 1.165) is 11.3 Å². The Kier molecular flexibility index (Phi) is 8.07. The van der Waals surface area contributed by atoms with E-state index in [1.54, 1.807) is 0 Å². The first kappa shape index (κ1) is 14.9. The van der Waals surface area contributed by atoms with E-state index >= 15 is 0 Å². The van der Waals surface area contributed by atoms with Gasteiger partial charge in [-0.3, -0.25) is 10.5 Å². The van der Waals surface area contributed by atoms with E-state index in [2.05, 4.69) is 20.8 Å². The van der Waals surface area contributed by atoms with Crippen LogP contribution in [0.3, 0.4) is 0 Å². The van der Waals surface area contributed by atoms with Gasteiger partial charge < -0.3 is 0 Å². The van der Waals surface area contributed by atoms with Gasteiger partial charge in [0.1, 0.15) is 0 Å². The molecule has 0 aliphatic heterocycles. The van der Waals surface area contributed by atoms with Crippen molar-refractivity contribution < 1.29 is 10.5 Å². The average Bonchev–Trinajstić information content (AvgIpc) is 2.34. The predicted octanol–water partition coefficient (Wildman–Crippen LogP) is 4.80. The van der Waals surface area contributed by atoms with Crippen molar-refractivity contribution in [2.45, 2.75) is 72.1 Å². The van der Waals surface area contributed by atoms with Gasteiger partial charge in [-0.05, 0) is 24.2 Å². The lowest BCUT2D eigenvalue weighted by atomic mass is 9.63. The summed E-state index contributed by atoms with van der Waals surface area (Å²) in [4.78, 5) is 0. The van der Waals surface area contributed by atoms with Crippen molar-refractivity contribution in [2.75, 3.05) is 0 Å². The number of rotatable bonds is 4. The van der Waals surface area contributed by atoms with E-state index in [0.29, 0.717) is 0 Å². The van der Waals surface area contributed by atoms with Crippen molar-refractivity contribution in [3.8, 4) is 0 Å². The highest BCUT2D eigenvalue weighted by Gasteiger charge is 2.35. The predicted molar refractivity (Wildman–Crippen MR) is 65.1 cm³/mol. The molecule has 0 heterocycles. The molecule has 1 saturated carbocycles. The second kappa shape index (κ2) is 8.12. The van der Waals surface area contributed by atoms with Crippen LogP contribution in [0, 0.1) is 11.3 Å². The van der Waals surface area contributed by atoms with E-state index in [4.69, 9.17) is 10.5 Å². The van der Waals surface area contributed by atoms with Crippen LogP contribution >= 0.6 is 0 Å². The molecule has 0 bridgehead atoms. The quantitative estimate of drug-likeness (QED) is 0.523. The molecule has 2 heteroatoms. The molecule has 15 heavy (non-hydrogen) atoms. The molecule has 1 aliphatic rings. The molecule has 2 N–H and O–H groups in total. The van der Waals surface area contributed by atoms with Gasteiger partial charge in [0.25, 0.3) is 0 Å². The SMILES string of the molecule is CCC(CC)C1(CC)CCCCC1.OO. The minimum Gasteiger partial charge on any atom is -0.255 e. The highest BCUT2D eigenvalue weighted by Crippen LogP contribution is 2.47. The topological polar surface area (TPSA) is 40.5 Å². The molecule has 1 fully saturated rings. The maximum absolute atomic E-state index is 6.00. The zero-order chi connectivity index (χ0) is 11.7. The Hall–Kier alpha value is -0.0800. The first-order valence-corrected chi connectivity index (χ1v) is 6.49. The highest BCUT2D eigenvalue weighted by molar-refractivity contribution is 4.86. The Morgan fingerprint density at radius 3 is 1.73 bits per heavy atom. The van der Waals surface area contributed by atoms with E-state index in [1.165, 1.54) is 51.4 Å². The second-order valence-corrected chi connectivity index (χ2v) is 4.79. The van der Waals surface area contributed by atoms with Crippen LogP contribution in [-0.2, 0) is 0 Å². The van der Waals surface area contributed by atoms with Crippen LogP contribution in [0.25, 0.3) is 0 Å². The fraction of sp³-hybridized carbons (Fsp3) is 1.00. The summed E-state index contributed by atoms with van der Waals surface area (Å²) < 4.78 is 0. The fourth-order valence-electron chi connectivity index (χ4n) is 3.46. The van der Waals surface area contributed by atoms with Crippen molar-refractivity contribution in [3.05, 3.63) is 0 Å². The minimum absolute atomic E-state index is 0.738. The van der Waals surface area contributed by atoms with Gasteiger partial charge >= 0.3 is 0 Å². The van der Waals surface area contributed by atoms with Crippen molar-refractivity contribution in [1.29, 1.82) is 0 Å². The fourth-order valence-corrected chi connectivity index (χ4v) is 3.46. The van der Waals surface area contributed by atoms with Crippen LogP contribution in [0.5, 0.6) is 0 Å². The van der Waals surface area contributed by atoms with Gasteiger partial charge in [0.05, 0.1) is 0 Å². The Labute approximate surface area is 94.6 Å². The Bertz CT molecular complexity index is 135. The zero-order valence-corrected chi connectivity index (χ0v) is 10.6. The van der Waals surface area contributed by atoms with Crippen LogP contribution in [0.1, 0.15) is 72.1 Å². The third-order valence-corrected chi connectivity index (χ3v) is 4.41. The van der Waals surface area contributed by atoms with Crippen molar-refractivity contribution in [3.63, 3.8) is 0 Å². The average molecular weight is 216 g/mol. The second-order valence-electron chi connectivity index (χ2n) is 4.79. The van der Waals surface area contributed by atoms with E-state index in [-0.39, 0.29) is 0 Å². The molecule has 0 unspecified atom stereocenters. The third-order valence-electron chi connectivity index (χ3n) is 4.41. The van der Waals surface area contributed by atoms with Crippen LogP contribution < -0.4 is 0 Å². The summed E-state index contributed by atoms with van der Waals surface area (Å²) in [5, 5.41) is 12.0. The lowest BCUT2D eigenvalue weighted by Crippen LogP contribution is -2.31. The molecular weight excluding hydrogens is 188 g/mol. The lowest BCUT2D eigenvalue weighted by Gasteiger charge is -2.43. The van der Waals surface area contributed by atoms with Crippen molar-refractivity contribution >= 4 is 0 Å². The first-order chi connectivity index (χ1) is 7.29. The molecule has 1 aliphatic carbocycles. The Morgan fingerprint density at radius 2 is 1.40 bits per heavy atom. The summed E-state index contributed by atoms with van der Waals surface area (Å²) in [7, 11) is 0. The summed E-state index contributed by atoms with van der Waals surface area (Å²) in [6.45, 7) is 7.16. The molecule has 0 aromatic heterocycles. The molecule has 0 saturated heterocycles. The first-order valence-electron chi connectivity index (χ1n) is 6.49. The summed E-state index contributed by atoms with van der Waals surface area (Å²) in [5.41, 5.74) is 0.738. The normalized spacial score (nSPS) is 19.6. The van der Waals surface area contributed by atoms with E-state index in [9.17, 15) is 0 Å². The molecule has 92 valence electrons. The largest absolute Gasteiger partial charge is 0.255 e. The highest BCUT2D eigenvalue weighted by atomic mass is 17.0. The van der Waals surface area contributed by atoms with Crippen LogP contribution in [0.4, 0.5) is 0 Å². The van der Waals surface area contributed by atoms with Gasteiger partial charge in [0.2, 0.25) is 0 Å². The summed E-state index contributed by atoms with van der Waals surface area (Å²) >= 11 is 0. The van der Waals surface area contributed by atoms with Gasteiger partial charge in [0.15, 0.2) is 0 Å². The van der Waals surface area contributed by atoms with Gasteiger partial charge in [0, 0.05) is 0 Å². The maximum Gasteiger partial charge on any atom is -0.0272 e. The van der Waals surface area contributed by atoms with E-state index < -0.39 is 0 Å². The molecule has 0 radical (unpaired) electrons. The molecular formula is C13H28O2. The van der Waals surface area contributed by atoms with Crippen LogP contribution in [0.15, 0.2) is 0 Å². The Morgan fingerprint density at radius 1 is 0.933 bits per heavy atom. The van der Waals surface area contributed by atoms with Gasteiger partial charge in [-0.2, -0.15) is 0 Å². The minimum atomic E-state index is 0.738. The van der Waals surface area contributed by atoms with Gasteiger partial charge in [-0.15, -0.1) is 0 Å². The smallest absolute Gasteiger partial charge is 0.0272 e. The van der Waals surface area contributed by atoms with Gasteiger partial charge in [-0.1, -0.05) is 59.3 Å². The summed E-state index contributed by atoms with van der Waals surface area (Å²) in [5.74, 6) is 0.998. The van der Waals surface area contributed by atoms with E-state index in [1.807, 2.05) is 0 Å². The Balaban J connectivity index is 0.000000921. The van der Waals surface area contributed by atoms with Crippen molar-refractivity contribution in [1.82, 2.24) is 0 Å². The lowest BCUT2D eigenvalue weighted by molar-refractivity contribution is -0.176. The zero-order valence-electron chi connectivity index (χ0n) is 10.6. The summed E-state index contributed by atoms with van der Waals surface area (Å²) in [6.07, 6.45) is 11.7. The molecule has 1 rings (SSSR count). The van der Waals surface area contributed by atoms with Crippen molar-refractivity contribution in [2.24, 2.45) is 11.3 Å². The molecule has 0 aromatic carbocycles. The van der Waals surface area contributed by atoms with Gasteiger partial charge in [-0.25, -0.2) is 0 Å². The number of hydrogen-bond donors (Lipinski definition) is 2. The standard InChI is InChI=1S/C13H26.H2O2/c1-4-12(5-2)13(6-3)10-8-7-9-11-13;1-2/h12H,4-11H2,1-3H3;1-2H.